The molecule has 0 unspecified atom stereocenters. The molecule has 2 N–H and O–H groups in total. The van der Waals surface area contributed by atoms with Crippen LogP contribution in [-0.2, 0) is 0 Å². The fourth-order valence-electron chi connectivity index (χ4n) is 2.17. The van der Waals surface area contributed by atoms with Crippen molar-refractivity contribution in [1.29, 1.82) is 0 Å². The first-order chi connectivity index (χ1) is 10.1. The van der Waals surface area contributed by atoms with Gasteiger partial charge in [-0.1, -0.05) is 18.2 Å². The molecule has 0 atom stereocenters. The second-order valence-corrected chi connectivity index (χ2v) is 4.96. The molecule has 1 aromatic heterocycles. The summed E-state index contributed by atoms with van der Waals surface area (Å²) in [6, 6.07) is 14.8. The minimum Gasteiger partial charge on any atom is -0.508 e. The number of hydrogen-bond acceptors (Lipinski definition) is 5. The van der Waals surface area contributed by atoms with Gasteiger partial charge in [-0.05, 0) is 24.3 Å². The molecule has 3 rings (SSSR count). The van der Waals surface area contributed by atoms with Crippen LogP contribution in [0.5, 0.6) is 5.75 Å². The number of para-hydroxylation sites is 1. The third-order valence-corrected chi connectivity index (χ3v) is 3.11. The second-order valence-electron chi connectivity index (χ2n) is 4.96. The summed E-state index contributed by atoms with van der Waals surface area (Å²) >= 11 is 0. The molecule has 0 bridgehead atoms. The van der Waals surface area contributed by atoms with E-state index in [9.17, 15) is 5.11 Å². The Labute approximate surface area is 122 Å². The first-order valence-electron chi connectivity index (χ1n) is 6.63. The van der Waals surface area contributed by atoms with Crippen molar-refractivity contribution in [3.63, 3.8) is 0 Å². The maximum absolute atomic E-state index is 9.52. The van der Waals surface area contributed by atoms with Gasteiger partial charge in [-0.3, -0.25) is 0 Å². The Morgan fingerprint density at radius 1 is 1.00 bits per heavy atom. The fourth-order valence-corrected chi connectivity index (χ4v) is 2.17. The Morgan fingerprint density at radius 2 is 1.81 bits per heavy atom. The summed E-state index contributed by atoms with van der Waals surface area (Å²) in [4.78, 5) is 11.0. The molecule has 5 heteroatoms. The number of nitrogens with one attached hydrogen (secondary N) is 1. The standard InChI is InChI=1S/C16H16N4O/c1-20(2)15-13-8-3-4-9-14(13)18-16(19-15)17-11-6-5-7-12(21)10-11/h3-10,21H,1-2H3,(H,17,18,19). The maximum Gasteiger partial charge on any atom is 0.229 e. The van der Waals surface area contributed by atoms with Crippen molar-refractivity contribution in [2.24, 2.45) is 0 Å². The van der Waals surface area contributed by atoms with E-state index in [1.54, 1.807) is 18.2 Å². The molecular formula is C16H16N4O. The molecule has 0 spiro atoms. The number of aromatic nitrogens is 2. The number of nitrogens with zero attached hydrogens (tertiary/aromatic N) is 3. The number of phenols is 1. The summed E-state index contributed by atoms with van der Waals surface area (Å²) in [5.74, 6) is 1.56. The molecule has 0 aliphatic heterocycles. The molecule has 3 aromatic rings. The monoisotopic (exact) mass is 280 g/mol. The molecule has 106 valence electrons. The van der Waals surface area contributed by atoms with Gasteiger partial charge in [0, 0.05) is 31.2 Å². The summed E-state index contributed by atoms with van der Waals surface area (Å²) in [6.45, 7) is 0. The fraction of sp³-hybridized carbons (Fsp3) is 0.125. The maximum atomic E-state index is 9.52. The van der Waals surface area contributed by atoms with Gasteiger partial charge in [0.2, 0.25) is 5.95 Å². The van der Waals surface area contributed by atoms with Gasteiger partial charge in [0.15, 0.2) is 0 Å². The predicted octanol–water partition coefficient (Wildman–Crippen LogP) is 3.15. The molecule has 0 aliphatic carbocycles. The van der Waals surface area contributed by atoms with Gasteiger partial charge >= 0.3 is 0 Å². The quantitative estimate of drug-likeness (QED) is 0.771. The van der Waals surface area contributed by atoms with E-state index in [0.29, 0.717) is 5.95 Å². The van der Waals surface area contributed by atoms with Crippen molar-refractivity contribution in [1.82, 2.24) is 9.97 Å². The van der Waals surface area contributed by atoms with Crippen molar-refractivity contribution in [2.45, 2.75) is 0 Å². The predicted molar refractivity (Wildman–Crippen MR) is 85.3 cm³/mol. The van der Waals surface area contributed by atoms with Gasteiger partial charge in [0.25, 0.3) is 0 Å². The third-order valence-electron chi connectivity index (χ3n) is 3.11. The van der Waals surface area contributed by atoms with E-state index in [1.165, 1.54) is 0 Å². The topological polar surface area (TPSA) is 61.3 Å². The van der Waals surface area contributed by atoms with Gasteiger partial charge in [0.05, 0.1) is 5.52 Å². The smallest absolute Gasteiger partial charge is 0.229 e. The van der Waals surface area contributed by atoms with Gasteiger partial charge < -0.3 is 15.3 Å². The number of fused-ring (bicyclic) bond motifs is 1. The lowest BCUT2D eigenvalue weighted by atomic mass is 10.2. The van der Waals surface area contributed by atoms with Crippen molar-refractivity contribution < 1.29 is 5.11 Å². The van der Waals surface area contributed by atoms with Crippen LogP contribution in [0.1, 0.15) is 0 Å². The Morgan fingerprint density at radius 3 is 2.57 bits per heavy atom. The van der Waals surface area contributed by atoms with Gasteiger partial charge in [-0.25, -0.2) is 4.98 Å². The second kappa shape index (κ2) is 5.28. The highest BCUT2D eigenvalue weighted by atomic mass is 16.3. The van der Waals surface area contributed by atoms with Crippen LogP contribution in [0.25, 0.3) is 10.9 Å². The average Bonchev–Trinajstić information content (AvgIpc) is 2.46. The molecule has 21 heavy (non-hydrogen) atoms. The van der Waals surface area contributed by atoms with Crippen LogP contribution in [0.3, 0.4) is 0 Å². The van der Waals surface area contributed by atoms with Crippen LogP contribution in [0.4, 0.5) is 17.5 Å². The molecule has 0 saturated carbocycles. The van der Waals surface area contributed by atoms with E-state index < -0.39 is 0 Å². The lowest BCUT2D eigenvalue weighted by Gasteiger charge is -2.15. The number of benzene rings is 2. The third kappa shape index (κ3) is 2.72. The summed E-state index contributed by atoms with van der Waals surface area (Å²) in [5.41, 5.74) is 1.62. The van der Waals surface area contributed by atoms with E-state index in [1.807, 2.05) is 49.3 Å². The Kier molecular flexibility index (Phi) is 3.31. The van der Waals surface area contributed by atoms with Crippen LogP contribution < -0.4 is 10.2 Å². The van der Waals surface area contributed by atoms with Crippen LogP contribution in [-0.4, -0.2) is 29.2 Å². The number of aromatic hydroxyl groups is 1. The van der Waals surface area contributed by atoms with E-state index in [-0.39, 0.29) is 5.75 Å². The molecular weight excluding hydrogens is 264 g/mol. The molecule has 0 aliphatic rings. The molecule has 5 nitrogen and oxygen atoms in total. The van der Waals surface area contributed by atoms with Gasteiger partial charge in [-0.15, -0.1) is 0 Å². The normalized spacial score (nSPS) is 10.6. The zero-order valence-electron chi connectivity index (χ0n) is 11.9. The lowest BCUT2D eigenvalue weighted by Crippen LogP contribution is -2.13. The number of rotatable bonds is 3. The average molecular weight is 280 g/mol. The minimum atomic E-state index is 0.202. The number of phenolic OH excluding ortho intramolecular Hbond substituents is 1. The van der Waals surface area contributed by atoms with E-state index in [2.05, 4.69) is 15.3 Å². The molecule has 0 radical (unpaired) electrons. The van der Waals surface area contributed by atoms with Crippen molar-refractivity contribution >= 4 is 28.4 Å². The number of anilines is 3. The SMILES string of the molecule is CN(C)c1nc(Nc2cccc(O)c2)nc2ccccc12. The van der Waals surface area contributed by atoms with E-state index in [0.717, 1.165) is 22.4 Å². The summed E-state index contributed by atoms with van der Waals surface area (Å²) < 4.78 is 0. The van der Waals surface area contributed by atoms with Gasteiger partial charge in [-0.2, -0.15) is 4.98 Å². The first kappa shape index (κ1) is 13.2. The molecule has 1 heterocycles. The highest BCUT2D eigenvalue weighted by Crippen LogP contribution is 2.25. The molecule has 0 fully saturated rings. The minimum absolute atomic E-state index is 0.202. The molecule has 2 aromatic carbocycles. The van der Waals surface area contributed by atoms with E-state index in [4.69, 9.17) is 0 Å². The zero-order chi connectivity index (χ0) is 14.8. The summed E-state index contributed by atoms with van der Waals surface area (Å²) in [7, 11) is 3.90. The Balaban J connectivity index is 2.07. The van der Waals surface area contributed by atoms with Crippen LogP contribution >= 0.6 is 0 Å². The summed E-state index contributed by atoms with van der Waals surface area (Å²) in [6.07, 6.45) is 0. The first-order valence-corrected chi connectivity index (χ1v) is 6.63. The van der Waals surface area contributed by atoms with Crippen molar-refractivity contribution in [2.75, 3.05) is 24.3 Å². The van der Waals surface area contributed by atoms with E-state index >= 15 is 0 Å². The summed E-state index contributed by atoms with van der Waals surface area (Å²) in [5, 5.41) is 13.6. The van der Waals surface area contributed by atoms with Crippen LogP contribution in [0, 0.1) is 0 Å². The molecule has 0 amide bonds. The zero-order valence-corrected chi connectivity index (χ0v) is 11.9. The highest BCUT2D eigenvalue weighted by Gasteiger charge is 2.09. The molecule has 0 saturated heterocycles. The van der Waals surface area contributed by atoms with Crippen molar-refractivity contribution in [3.05, 3.63) is 48.5 Å². The van der Waals surface area contributed by atoms with Crippen LogP contribution in [0.15, 0.2) is 48.5 Å². The lowest BCUT2D eigenvalue weighted by molar-refractivity contribution is 0.475. The Hall–Kier alpha value is -2.82. The van der Waals surface area contributed by atoms with Crippen molar-refractivity contribution in [3.8, 4) is 5.75 Å². The Bertz CT molecular complexity index is 786. The highest BCUT2D eigenvalue weighted by molar-refractivity contribution is 5.90. The largest absolute Gasteiger partial charge is 0.508 e. The van der Waals surface area contributed by atoms with Crippen LogP contribution in [0.2, 0.25) is 0 Å². The van der Waals surface area contributed by atoms with Gasteiger partial charge in [0.1, 0.15) is 11.6 Å². The number of hydrogen-bond donors (Lipinski definition) is 2.